The fourth-order valence-electron chi connectivity index (χ4n) is 1.09. The molecule has 1 heterocycles. The molecule has 80 valence electrons. The van der Waals surface area contributed by atoms with E-state index >= 15 is 0 Å². The highest BCUT2D eigenvalue weighted by Crippen LogP contribution is 2.15. The highest BCUT2D eigenvalue weighted by atomic mass is 35.5. The van der Waals surface area contributed by atoms with Crippen molar-refractivity contribution < 1.29 is 4.79 Å². The summed E-state index contributed by atoms with van der Waals surface area (Å²) in [5.74, 6) is -0.166. The number of carbonyl (C=O) groups is 1. The summed E-state index contributed by atoms with van der Waals surface area (Å²) in [5, 5.41) is 0.413. The van der Waals surface area contributed by atoms with Crippen LogP contribution in [0.15, 0.2) is 24.8 Å². The molecule has 1 aromatic rings. The van der Waals surface area contributed by atoms with Gasteiger partial charge in [-0.15, -0.1) is 6.58 Å². The van der Waals surface area contributed by atoms with Gasteiger partial charge in [0, 0.05) is 19.2 Å². The first-order chi connectivity index (χ1) is 7.04. The standard InChI is InChI=1S/C10H10Cl2N2O/c1-3-4-14(2)10(15)7-5-8(11)13-9(12)6-7/h3,5-6H,1,4H2,2H3. The molecule has 0 spiro atoms. The van der Waals surface area contributed by atoms with Gasteiger partial charge in [-0.05, 0) is 12.1 Å². The molecule has 0 saturated carbocycles. The Labute approximate surface area is 98.3 Å². The highest BCUT2D eigenvalue weighted by molar-refractivity contribution is 6.33. The molecule has 3 nitrogen and oxygen atoms in total. The second-order valence-electron chi connectivity index (χ2n) is 2.98. The van der Waals surface area contributed by atoms with Crippen LogP contribution in [0.3, 0.4) is 0 Å². The Kier molecular flexibility index (Phi) is 4.12. The van der Waals surface area contributed by atoms with Crippen molar-refractivity contribution in [3.63, 3.8) is 0 Å². The number of pyridine rings is 1. The normalized spacial score (nSPS) is 9.80. The van der Waals surface area contributed by atoms with Crippen molar-refractivity contribution in [3.05, 3.63) is 40.7 Å². The van der Waals surface area contributed by atoms with Crippen LogP contribution in [0.4, 0.5) is 0 Å². The third-order valence-corrected chi connectivity index (χ3v) is 2.15. The zero-order chi connectivity index (χ0) is 11.4. The van der Waals surface area contributed by atoms with E-state index in [1.54, 1.807) is 13.1 Å². The average molecular weight is 245 g/mol. The van der Waals surface area contributed by atoms with Gasteiger partial charge in [-0.2, -0.15) is 0 Å². The van der Waals surface area contributed by atoms with E-state index in [0.717, 1.165) is 0 Å². The number of aromatic nitrogens is 1. The summed E-state index contributed by atoms with van der Waals surface area (Å²) in [6, 6.07) is 2.96. The van der Waals surface area contributed by atoms with E-state index in [0.29, 0.717) is 12.1 Å². The molecule has 0 aliphatic carbocycles. The number of halogens is 2. The van der Waals surface area contributed by atoms with Gasteiger partial charge in [-0.3, -0.25) is 4.79 Å². The van der Waals surface area contributed by atoms with Gasteiger partial charge < -0.3 is 4.90 Å². The Morgan fingerprint density at radius 2 is 2.07 bits per heavy atom. The van der Waals surface area contributed by atoms with Crippen LogP contribution in [-0.2, 0) is 0 Å². The number of nitrogens with zero attached hydrogens (tertiary/aromatic N) is 2. The Bertz CT molecular complexity index is 373. The highest BCUT2D eigenvalue weighted by Gasteiger charge is 2.12. The summed E-state index contributed by atoms with van der Waals surface area (Å²) in [5.41, 5.74) is 0.421. The van der Waals surface area contributed by atoms with E-state index in [4.69, 9.17) is 23.2 Å². The zero-order valence-electron chi connectivity index (χ0n) is 8.20. The molecule has 0 atom stereocenters. The molecule has 5 heteroatoms. The SMILES string of the molecule is C=CCN(C)C(=O)c1cc(Cl)nc(Cl)c1. The first-order valence-corrected chi connectivity index (χ1v) is 4.99. The van der Waals surface area contributed by atoms with Crippen LogP contribution < -0.4 is 0 Å². The molecule has 0 saturated heterocycles. The molecular weight excluding hydrogens is 235 g/mol. The fourth-order valence-corrected chi connectivity index (χ4v) is 1.55. The lowest BCUT2D eigenvalue weighted by Crippen LogP contribution is -2.26. The fraction of sp³-hybridized carbons (Fsp3) is 0.200. The van der Waals surface area contributed by atoms with Gasteiger partial charge in [0.25, 0.3) is 5.91 Å². The minimum Gasteiger partial charge on any atom is -0.338 e. The number of hydrogen-bond donors (Lipinski definition) is 0. The third-order valence-electron chi connectivity index (χ3n) is 1.76. The molecule has 0 N–H and O–H groups in total. The predicted octanol–water partition coefficient (Wildman–Crippen LogP) is 2.65. The smallest absolute Gasteiger partial charge is 0.254 e. The van der Waals surface area contributed by atoms with Crippen molar-refractivity contribution in [2.75, 3.05) is 13.6 Å². The van der Waals surface area contributed by atoms with E-state index in [1.165, 1.54) is 17.0 Å². The third kappa shape index (κ3) is 3.22. The quantitative estimate of drug-likeness (QED) is 0.605. The van der Waals surface area contributed by atoms with E-state index < -0.39 is 0 Å². The molecule has 0 aliphatic heterocycles. The monoisotopic (exact) mass is 244 g/mol. The molecule has 0 bridgehead atoms. The lowest BCUT2D eigenvalue weighted by Gasteiger charge is -2.14. The average Bonchev–Trinajstić information content (AvgIpc) is 2.15. The molecule has 1 rings (SSSR count). The van der Waals surface area contributed by atoms with Crippen LogP contribution in [0.2, 0.25) is 10.3 Å². The Morgan fingerprint density at radius 3 is 2.53 bits per heavy atom. The summed E-state index contributed by atoms with van der Waals surface area (Å²) < 4.78 is 0. The molecule has 1 amide bonds. The lowest BCUT2D eigenvalue weighted by molar-refractivity contribution is 0.0810. The molecule has 0 radical (unpaired) electrons. The van der Waals surface area contributed by atoms with Gasteiger partial charge in [-0.1, -0.05) is 29.3 Å². The maximum atomic E-state index is 11.8. The predicted molar refractivity (Wildman–Crippen MR) is 61.4 cm³/mol. The number of likely N-dealkylation sites (N-methyl/N-ethyl adjacent to an activating group) is 1. The second-order valence-corrected chi connectivity index (χ2v) is 3.75. The van der Waals surface area contributed by atoms with Gasteiger partial charge in [0.15, 0.2) is 0 Å². The van der Waals surface area contributed by atoms with Gasteiger partial charge in [0.2, 0.25) is 0 Å². The van der Waals surface area contributed by atoms with Crippen LogP contribution in [-0.4, -0.2) is 29.4 Å². The Balaban J connectivity index is 2.95. The first-order valence-electron chi connectivity index (χ1n) is 4.24. The Morgan fingerprint density at radius 1 is 1.53 bits per heavy atom. The van der Waals surface area contributed by atoms with E-state index in [9.17, 15) is 4.79 Å². The lowest BCUT2D eigenvalue weighted by atomic mass is 10.2. The topological polar surface area (TPSA) is 33.2 Å². The maximum absolute atomic E-state index is 11.8. The zero-order valence-corrected chi connectivity index (χ0v) is 9.72. The minimum absolute atomic E-state index is 0.166. The van der Waals surface area contributed by atoms with Crippen molar-refractivity contribution in [1.29, 1.82) is 0 Å². The molecule has 0 aromatic carbocycles. The molecule has 0 fully saturated rings. The summed E-state index contributed by atoms with van der Waals surface area (Å²) in [6.07, 6.45) is 1.64. The number of amides is 1. The van der Waals surface area contributed by atoms with Crippen LogP contribution >= 0.6 is 23.2 Å². The second kappa shape index (κ2) is 5.14. The van der Waals surface area contributed by atoms with E-state index in [1.807, 2.05) is 0 Å². The number of carbonyl (C=O) groups excluding carboxylic acids is 1. The van der Waals surface area contributed by atoms with Gasteiger partial charge in [0.1, 0.15) is 10.3 Å². The molecular formula is C10H10Cl2N2O. The molecule has 0 unspecified atom stereocenters. The van der Waals surface area contributed by atoms with Crippen molar-refractivity contribution in [1.82, 2.24) is 9.88 Å². The minimum atomic E-state index is -0.166. The van der Waals surface area contributed by atoms with Crippen LogP contribution in [0.5, 0.6) is 0 Å². The van der Waals surface area contributed by atoms with Gasteiger partial charge in [-0.25, -0.2) is 4.98 Å². The van der Waals surface area contributed by atoms with Crippen LogP contribution in [0, 0.1) is 0 Å². The van der Waals surface area contributed by atoms with Gasteiger partial charge >= 0.3 is 0 Å². The Hall–Kier alpha value is -1.06. The number of rotatable bonds is 3. The van der Waals surface area contributed by atoms with Crippen molar-refractivity contribution >= 4 is 29.1 Å². The summed E-state index contributed by atoms with van der Waals surface area (Å²) >= 11 is 11.4. The molecule has 0 aliphatic rings. The summed E-state index contributed by atoms with van der Waals surface area (Å²) in [4.78, 5) is 17.0. The van der Waals surface area contributed by atoms with E-state index in [-0.39, 0.29) is 16.2 Å². The van der Waals surface area contributed by atoms with Crippen molar-refractivity contribution in [2.24, 2.45) is 0 Å². The van der Waals surface area contributed by atoms with E-state index in [2.05, 4.69) is 11.6 Å². The van der Waals surface area contributed by atoms with Gasteiger partial charge in [0.05, 0.1) is 0 Å². The summed E-state index contributed by atoms with van der Waals surface area (Å²) in [6.45, 7) is 4.02. The first kappa shape index (κ1) is 12.0. The molecule has 1 aromatic heterocycles. The number of hydrogen-bond acceptors (Lipinski definition) is 2. The van der Waals surface area contributed by atoms with Crippen LogP contribution in [0.1, 0.15) is 10.4 Å². The van der Waals surface area contributed by atoms with Crippen molar-refractivity contribution in [3.8, 4) is 0 Å². The maximum Gasteiger partial charge on any atom is 0.254 e. The van der Waals surface area contributed by atoms with Crippen LogP contribution in [0.25, 0.3) is 0 Å². The molecule has 15 heavy (non-hydrogen) atoms. The largest absolute Gasteiger partial charge is 0.338 e. The van der Waals surface area contributed by atoms with Crippen molar-refractivity contribution in [2.45, 2.75) is 0 Å². The summed E-state index contributed by atoms with van der Waals surface area (Å²) in [7, 11) is 1.67.